The fraction of sp³-hybridized carbons (Fsp3) is 0.444. The predicted molar refractivity (Wildman–Crippen MR) is 88.6 cm³/mol. The molecule has 0 aliphatic carbocycles. The van der Waals surface area contributed by atoms with Crippen molar-refractivity contribution in [3.05, 3.63) is 33.9 Å². The molecule has 1 aromatic rings. The van der Waals surface area contributed by atoms with Gasteiger partial charge in [-0.25, -0.2) is 4.79 Å². The van der Waals surface area contributed by atoms with Crippen LogP contribution < -0.4 is 4.74 Å². The molecule has 2 rings (SSSR count). The monoisotopic (exact) mass is 350 g/mol. The Hall–Kier alpha value is -2.54. The molecule has 1 aliphatic rings. The average molecular weight is 350 g/mol. The minimum Gasteiger partial charge on any atom is -0.507 e. The first-order valence-corrected chi connectivity index (χ1v) is 7.81. The largest absolute Gasteiger partial charge is 0.507 e. The maximum Gasteiger partial charge on any atom is 0.342 e. The van der Waals surface area contributed by atoms with E-state index < -0.39 is 18.0 Å². The number of cyclic esters (lactones) is 1. The Kier molecular flexibility index (Phi) is 5.69. The van der Waals surface area contributed by atoms with Gasteiger partial charge in [0.05, 0.1) is 26.7 Å². The maximum atomic E-state index is 11.9. The number of hydrogen-bond acceptors (Lipinski definition) is 7. The number of aromatic hydroxyl groups is 1. The Bertz CT molecular complexity index is 734. The molecule has 0 bridgehead atoms. The van der Waals surface area contributed by atoms with Gasteiger partial charge in [-0.15, -0.1) is 0 Å². The second-order valence-corrected chi connectivity index (χ2v) is 5.86. The van der Waals surface area contributed by atoms with E-state index in [2.05, 4.69) is 4.74 Å². The summed E-state index contributed by atoms with van der Waals surface area (Å²) >= 11 is 0. The summed E-state index contributed by atoms with van der Waals surface area (Å²) in [6.07, 6.45) is 0.760. The van der Waals surface area contributed by atoms with Gasteiger partial charge in [0, 0.05) is 11.1 Å². The molecule has 0 unspecified atom stereocenters. The molecule has 1 heterocycles. The van der Waals surface area contributed by atoms with Crippen molar-refractivity contribution in [1.29, 1.82) is 0 Å². The zero-order valence-corrected chi connectivity index (χ0v) is 14.7. The van der Waals surface area contributed by atoms with Gasteiger partial charge in [-0.2, -0.15) is 0 Å². The Morgan fingerprint density at radius 1 is 1.40 bits per heavy atom. The van der Waals surface area contributed by atoms with Gasteiger partial charge in [0.15, 0.2) is 0 Å². The lowest BCUT2D eigenvalue weighted by Gasteiger charge is -2.16. The molecular formula is C18H22O7. The molecule has 0 spiro atoms. The third-order valence-corrected chi connectivity index (χ3v) is 4.39. The molecule has 0 radical (unpaired) electrons. The third-order valence-electron chi connectivity index (χ3n) is 4.39. The number of methoxy groups -OCH3 is 2. The van der Waals surface area contributed by atoms with Crippen LogP contribution in [-0.2, 0) is 27.3 Å². The van der Waals surface area contributed by atoms with Crippen molar-refractivity contribution in [1.82, 2.24) is 0 Å². The number of fused-ring (bicyclic) bond motifs is 1. The van der Waals surface area contributed by atoms with E-state index in [1.807, 2.05) is 0 Å². The van der Waals surface area contributed by atoms with Crippen LogP contribution in [0.3, 0.4) is 0 Å². The number of allylic oxidation sites excluding steroid dienone is 1. The van der Waals surface area contributed by atoms with Crippen molar-refractivity contribution in [2.24, 2.45) is 0 Å². The van der Waals surface area contributed by atoms with Crippen molar-refractivity contribution in [3.8, 4) is 11.5 Å². The molecule has 25 heavy (non-hydrogen) atoms. The molecule has 0 aromatic heterocycles. The molecule has 2 N–H and O–H groups in total. The van der Waals surface area contributed by atoms with Crippen LogP contribution in [0.15, 0.2) is 11.6 Å². The first-order chi connectivity index (χ1) is 11.8. The van der Waals surface area contributed by atoms with Gasteiger partial charge in [-0.05, 0) is 31.4 Å². The molecule has 7 nitrogen and oxygen atoms in total. The summed E-state index contributed by atoms with van der Waals surface area (Å²) in [4.78, 5) is 23.1. The second kappa shape index (κ2) is 7.57. The molecule has 0 saturated heterocycles. The highest BCUT2D eigenvalue weighted by Crippen LogP contribution is 2.42. The minimum atomic E-state index is -0.985. The number of rotatable bonds is 6. The molecular weight excluding hydrogens is 328 g/mol. The number of esters is 2. The molecule has 0 saturated carbocycles. The summed E-state index contributed by atoms with van der Waals surface area (Å²) in [5.41, 5.74) is 2.50. The number of benzene rings is 1. The van der Waals surface area contributed by atoms with E-state index in [-0.39, 0.29) is 30.8 Å². The van der Waals surface area contributed by atoms with Crippen LogP contribution in [0.5, 0.6) is 11.5 Å². The number of ether oxygens (including phenoxy) is 3. The summed E-state index contributed by atoms with van der Waals surface area (Å²) in [7, 11) is 2.74. The number of phenolic OH excluding ortho intramolecular Hbond substituents is 1. The van der Waals surface area contributed by atoms with Crippen LogP contribution in [0, 0.1) is 6.92 Å². The van der Waals surface area contributed by atoms with E-state index in [1.165, 1.54) is 14.2 Å². The molecule has 1 atom stereocenters. The summed E-state index contributed by atoms with van der Waals surface area (Å²) in [5, 5.41) is 20.5. The van der Waals surface area contributed by atoms with Crippen molar-refractivity contribution in [3.63, 3.8) is 0 Å². The highest BCUT2D eigenvalue weighted by atomic mass is 16.5. The van der Waals surface area contributed by atoms with Crippen molar-refractivity contribution in [2.75, 3.05) is 14.2 Å². The minimum absolute atomic E-state index is 0.108. The van der Waals surface area contributed by atoms with Crippen molar-refractivity contribution in [2.45, 2.75) is 39.4 Å². The third kappa shape index (κ3) is 3.61. The molecule has 1 aliphatic heterocycles. The SMILES string of the molecule is COC(=O)C[C@H](O)/C(C)=C/Cc1c(O)c2c(c(C)c1OC)COC2=O. The van der Waals surface area contributed by atoms with Gasteiger partial charge in [0.1, 0.15) is 23.7 Å². The van der Waals surface area contributed by atoms with E-state index in [0.29, 0.717) is 22.4 Å². The van der Waals surface area contributed by atoms with Gasteiger partial charge in [-0.1, -0.05) is 6.08 Å². The molecule has 0 fully saturated rings. The van der Waals surface area contributed by atoms with E-state index in [9.17, 15) is 19.8 Å². The zero-order valence-electron chi connectivity index (χ0n) is 14.7. The van der Waals surface area contributed by atoms with Gasteiger partial charge < -0.3 is 24.4 Å². The van der Waals surface area contributed by atoms with Gasteiger partial charge in [-0.3, -0.25) is 4.79 Å². The molecule has 1 aromatic carbocycles. The Labute approximate surface area is 145 Å². The fourth-order valence-corrected chi connectivity index (χ4v) is 2.83. The van der Waals surface area contributed by atoms with Crippen LogP contribution >= 0.6 is 0 Å². The summed E-state index contributed by atoms with van der Waals surface area (Å²) in [6.45, 7) is 3.58. The first-order valence-electron chi connectivity index (χ1n) is 7.81. The Morgan fingerprint density at radius 2 is 2.08 bits per heavy atom. The second-order valence-electron chi connectivity index (χ2n) is 5.86. The number of hydrogen-bond donors (Lipinski definition) is 2. The first kappa shape index (κ1) is 18.8. The topological polar surface area (TPSA) is 102 Å². The number of phenols is 1. The van der Waals surface area contributed by atoms with Crippen LogP contribution in [0.2, 0.25) is 0 Å². The van der Waals surface area contributed by atoms with Crippen LogP contribution in [0.25, 0.3) is 0 Å². The maximum absolute atomic E-state index is 11.9. The average Bonchev–Trinajstić information content (AvgIpc) is 2.98. The van der Waals surface area contributed by atoms with Crippen molar-refractivity contribution < 1.29 is 34.0 Å². The number of aliphatic hydroxyl groups is 1. The summed E-state index contributed by atoms with van der Waals surface area (Å²) in [6, 6.07) is 0. The van der Waals surface area contributed by atoms with Gasteiger partial charge in [0.2, 0.25) is 0 Å². The van der Waals surface area contributed by atoms with Crippen LogP contribution in [-0.4, -0.2) is 42.5 Å². The van der Waals surface area contributed by atoms with Gasteiger partial charge >= 0.3 is 11.9 Å². The summed E-state index contributed by atoms with van der Waals surface area (Å²) < 4.78 is 14.9. The predicted octanol–water partition coefficient (Wildman–Crippen LogP) is 1.79. The Morgan fingerprint density at radius 3 is 2.68 bits per heavy atom. The lowest BCUT2D eigenvalue weighted by molar-refractivity contribution is -0.142. The lowest BCUT2D eigenvalue weighted by Crippen LogP contribution is -2.15. The van der Waals surface area contributed by atoms with Gasteiger partial charge in [0.25, 0.3) is 0 Å². The fourth-order valence-electron chi connectivity index (χ4n) is 2.83. The highest BCUT2D eigenvalue weighted by molar-refractivity contribution is 5.98. The summed E-state index contributed by atoms with van der Waals surface area (Å²) in [5.74, 6) is -0.782. The van der Waals surface area contributed by atoms with Crippen molar-refractivity contribution >= 4 is 11.9 Å². The normalized spacial score (nSPS) is 14.8. The lowest BCUT2D eigenvalue weighted by atomic mass is 9.94. The zero-order chi connectivity index (χ0) is 18.7. The standard InChI is InChI=1S/C18H22O7/c1-9(13(19)7-14(20)23-3)5-6-11-16(21)15-12(8-25-18(15)22)10(2)17(11)24-4/h5,13,19,21H,6-8H2,1-4H3/b9-5+/t13-/m0/s1. The van der Waals surface area contributed by atoms with E-state index in [4.69, 9.17) is 9.47 Å². The number of carbonyl (C=O) groups excluding carboxylic acids is 2. The highest BCUT2D eigenvalue weighted by Gasteiger charge is 2.31. The smallest absolute Gasteiger partial charge is 0.342 e. The van der Waals surface area contributed by atoms with E-state index in [1.54, 1.807) is 19.9 Å². The Balaban J connectivity index is 2.35. The molecule has 0 amide bonds. The van der Waals surface area contributed by atoms with E-state index in [0.717, 1.165) is 5.56 Å². The van der Waals surface area contributed by atoms with Crippen LogP contribution in [0.1, 0.15) is 40.4 Å². The van der Waals surface area contributed by atoms with Crippen LogP contribution in [0.4, 0.5) is 0 Å². The number of aliphatic hydroxyl groups excluding tert-OH is 1. The quantitative estimate of drug-likeness (QED) is 0.595. The molecule has 7 heteroatoms. The number of carbonyl (C=O) groups is 2. The van der Waals surface area contributed by atoms with E-state index >= 15 is 0 Å². The molecule has 136 valence electrons.